The molecule has 0 bridgehead atoms. The van der Waals surface area contributed by atoms with Gasteiger partial charge in [-0.05, 0) is 74.2 Å². The zero-order valence-corrected chi connectivity index (χ0v) is 28.4. The van der Waals surface area contributed by atoms with E-state index < -0.39 is 35.8 Å². The van der Waals surface area contributed by atoms with Gasteiger partial charge in [0.2, 0.25) is 11.8 Å². The van der Waals surface area contributed by atoms with Crippen molar-refractivity contribution in [1.29, 1.82) is 5.41 Å². The number of hydrogen-bond donors (Lipinski definition) is 6. The van der Waals surface area contributed by atoms with E-state index in [0.29, 0.717) is 35.7 Å². The van der Waals surface area contributed by atoms with Gasteiger partial charge in [-0.25, -0.2) is 0 Å². The van der Waals surface area contributed by atoms with Gasteiger partial charge >= 0.3 is 0 Å². The Morgan fingerprint density at radius 3 is 2.36 bits per heavy atom. The fourth-order valence-electron chi connectivity index (χ4n) is 5.88. The molecule has 1 heterocycles. The number of carbonyl (C=O) groups excluding carboxylic acids is 4. The summed E-state index contributed by atoms with van der Waals surface area (Å²) in [6.45, 7) is 3.69. The third-order valence-electron chi connectivity index (χ3n) is 8.42. The largest absolute Gasteiger partial charge is 0.370 e. The molecule has 2 aromatic carbocycles. The van der Waals surface area contributed by atoms with Gasteiger partial charge in [-0.2, -0.15) is 0 Å². The summed E-state index contributed by atoms with van der Waals surface area (Å²) in [4.78, 5) is 57.4. The highest BCUT2D eigenvalue weighted by Gasteiger charge is 2.38. The van der Waals surface area contributed by atoms with Crippen molar-refractivity contribution < 1.29 is 19.2 Å². The van der Waals surface area contributed by atoms with Crippen molar-refractivity contribution in [2.45, 2.75) is 89.4 Å². The van der Waals surface area contributed by atoms with Crippen molar-refractivity contribution in [3.8, 4) is 0 Å². The van der Waals surface area contributed by atoms with E-state index in [4.69, 9.17) is 28.5 Å². The highest BCUT2D eigenvalue weighted by molar-refractivity contribution is 7.21. The predicted octanol–water partition coefficient (Wildman–Crippen LogP) is 3.99. The average Bonchev–Trinajstić information content (AvgIpc) is 3.38. The second-order valence-corrected chi connectivity index (χ2v) is 13.6. The van der Waals surface area contributed by atoms with Crippen molar-refractivity contribution in [3.63, 3.8) is 0 Å². The molecule has 0 unspecified atom stereocenters. The molecule has 1 saturated carbocycles. The molecule has 1 aliphatic rings. The number of imide groups is 1. The molecule has 3 aromatic rings. The molecule has 8 N–H and O–H groups in total. The summed E-state index contributed by atoms with van der Waals surface area (Å²) in [5, 5.41) is 17.1. The van der Waals surface area contributed by atoms with Crippen LogP contribution in [-0.2, 0) is 20.8 Å². The predicted molar refractivity (Wildman–Crippen MR) is 186 cm³/mol. The minimum atomic E-state index is -1.09. The van der Waals surface area contributed by atoms with Crippen LogP contribution in [0.4, 0.5) is 0 Å². The van der Waals surface area contributed by atoms with Crippen molar-refractivity contribution in [2.24, 2.45) is 11.5 Å². The van der Waals surface area contributed by atoms with Crippen LogP contribution >= 0.6 is 22.9 Å². The number of carbonyl (C=O) groups is 4. The van der Waals surface area contributed by atoms with Gasteiger partial charge in [0.05, 0.1) is 10.9 Å². The van der Waals surface area contributed by atoms with E-state index in [2.05, 4.69) is 16.0 Å². The maximum atomic E-state index is 14.7. The SMILES string of the molecule is Cc1c(C(=O)N(C(=O)[C@H](Cc2ccccc2)NC(=O)[C@H](CCCNC(=N)N)NC(=O)[C@H](C)N)C2CCCCC2)sc2ccc(Cl)cc12. The van der Waals surface area contributed by atoms with E-state index in [-0.39, 0.29) is 30.8 Å². The standard InChI is InChI=1S/C34H44ClN7O4S/c1-20-25-19-23(35)15-16-28(25)47-29(20)33(46)42(24-12-7-4-8-13-24)32(45)27(18-22-10-5-3-6-11-22)41-31(44)26(40-30(43)21(2)36)14-9-17-39-34(37)38/h3,5-6,10-11,15-16,19,21,24,26-27H,4,7-9,12-14,17-18,36H2,1-2H3,(H,40,43)(H,41,44)(H4,37,38,39)/t21-,26-,27-/m0/s1. The second kappa shape index (κ2) is 16.7. The van der Waals surface area contributed by atoms with Crippen LogP contribution in [0.1, 0.15) is 72.7 Å². The fraction of sp³-hybridized carbons (Fsp3) is 0.441. The monoisotopic (exact) mass is 681 g/mol. The zero-order chi connectivity index (χ0) is 34.1. The first-order valence-corrected chi connectivity index (χ1v) is 17.2. The Kier molecular flexibility index (Phi) is 12.7. The van der Waals surface area contributed by atoms with Crippen LogP contribution in [0.15, 0.2) is 48.5 Å². The number of rotatable bonds is 13. The molecule has 1 fully saturated rings. The minimum absolute atomic E-state index is 0.142. The topological polar surface area (TPSA) is 184 Å². The van der Waals surface area contributed by atoms with E-state index >= 15 is 0 Å². The summed E-state index contributed by atoms with van der Waals surface area (Å²) in [5.41, 5.74) is 12.7. The van der Waals surface area contributed by atoms with Gasteiger partial charge in [-0.15, -0.1) is 11.3 Å². The minimum Gasteiger partial charge on any atom is -0.370 e. The second-order valence-electron chi connectivity index (χ2n) is 12.1. The van der Waals surface area contributed by atoms with Crippen molar-refractivity contribution in [2.75, 3.05) is 6.54 Å². The maximum absolute atomic E-state index is 14.7. The number of thiophene rings is 1. The normalized spacial score (nSPS) is 15.3. The molecule has 252 valence electrons. The van der Waals surface area contributed by atoms with Crippen LogP contribution in [0.5, 0.6) is 0 Å². The van der Waals surface area contributed by atoms with Crippen molar-refractivity contribution in [1.82, 2.24) is 20.9 Å². The number of nitrogens with zero attached hydrogens (tertiary/aromatic N) is 1. The average molecular weight is 682 g/mol. The van der Waals surface area contributed by atoms with E-state index in [1.807, 2.05) is 49.4 Å². The Labute approximate surface area is 284 Å². The lowest BCUT2D eigenvalue weighted by atomic mass is 9.92. The van der Waals surface area contributed by atoms with E-state index in [9.17, 15) is 19.2 Å². The van der Waals surface area contributed by atoms with Gasteiger partial charge in [-0.1, -0.05) is 61.2 Å². The van der Waals surface area contributed by atoms with Gasteiger partial charge in [0.15, 0.2) is 5.96 Å². The van der Waals surface area contributed by atoms with Gasteiger partial charge in [0, 0.05) is 28.7 Å². The molecule has 0 radical (unpaired) electrons. The Hall–Kier alpha value is -4.00. The highest BCUT2D eigenvalue weighted by atomic mass is 35.5. The van der Waals surface area contributed by atoms with Gasteiger partial charge < -0.3 is 27.4 Å². The number of halogens is 1. The molecule has 1 aliphatic carbocycles. The van der Waals surface area contributed by atoms with Crippen LogP contribution < -0.4 is 27.4 Å². The molecule has 0 saturated heterocycles. The summed E-state index contributed by atoms with van der Waals surface area (Å²) >= 11 is 7.60. The highest BCUT2D eigenvalue weighted by Crippen LogP contribution is 2.35. The van der Waals surface area contributed by atoms with Crippen LogP contribution in [0, 0.1) is 12.3 Å². The summed E-state index contributed by atoms with van der Waals surface area (Å²) in [6, 6.07) is 11.5. The number of guanidine groups is 1. The smallest absolute Gasteiger partial charge is 0.271 e. The number of fused-ring (bicyclic) bond motifs is 1. The number of aryl methyl sites for hydroxylation is 1. The quantitative estimate of drug-likeness (QED) is 0.0895. The lowest BCUT2D eigenvalue weighted by Gasteiger charge is -2.35. The Bertz CT molecular complexity index is 1590. The third-order valence-corrected chi connectivity index (χ3v) is 9.91. The molecule has 11 nitrogen and oxygen atoms in total. The summed E-state index contributed by atoms with van der Waals surface area (Å²) in [5.74, 6) is -2.18. The Morgan fingerprint density at radius 2 is 1.70 bits per heavy atom. The number of nitrogens with two attached hydrogens (primary N) is 2. The molecule has 47 heavy (non-hydrogen) atoms. The number of benzene rings is 2. The van der Waals surface area contributed by atoms with Gasteiger partial charge in [-0.3, -0.25) is 29.5 Å². The molecular weight excluding hydrogens is 638 g/mol. The number of hydrogen-bond acceptors (Lipinski definition) is 7. The molecule has 3 atom stereocenters. The molecule has 4 amide bonds. The van der Waals surface area contributed by atoms with Gasteiger partial charge in [0.1, 0.15) is 12.1 Å². The molecule has 1 aromatic heterocycles. The first kappa shape index (κ1) is 35.8. The maximum Gasteiger partial charge on any atom is 0.271 e. The van der Waals surface area contributed by atoms with Crippen LogP contribution in [-0.4, -0.2) is 65.2 Å². The van der Waals surface area contributed by atoms with E-state index in [0.717, 1.165) is 40.5 Å². The molecular formula is C34H44ClN7O4S. The zero-order valence-electron chi connectivity index (χ0n) is 26.8. The van der Waals surface area contributed by atoms with Crippen molar-refractivity contribution >= 4 is 62.6 Å². The first-order chi connectivity index (χ1) is 22.5. The Balaban J connectivity index is 1.68. The Morgan fingerprint density at radius 1 is 1.02 bits per heavy atom. The summed E-state index contributed by atoms with van der Waals surface area (Å²) in [7, 11) is 0. The fourth-order valence-corrected chi connectivity index (χ4v) is 7.18. The number of nitrogens with one attached hydrogen (secondary N) is 4. The van der Waals surface area contributed by atoms with Crippen molar-refractivity contribution in [3.05, 3.63) is 69.6 Å². The van der Waals surface area contributed by atoms with E-state index in [1.165, 1.54) is 23.2 Å². The van der Waals surface area contributed by atoms with Crippen LogP contribution in [0.3, 0.4) is 0 Å². The summed E-state index contributed by atoms with van der Waals surface area (Å²) in [6.07, 6.45) is 4.89. The first-order valence-electron chi connectivity index (χ1n) is 16.0. The third kappa shape index (κ3) is 9.52. The molecule has 13 heteroatoms. The molecule has 0 spiro atoms. The molecule has 0 aliphatic heterocycles. The van der Waals surface area contributed by atoms with Crippen LogP contribution in [0.2, 0.25) is 5.02 Å². The van der Waals surface area contributed by atoms with Crippen LogP contribution in [0.25, 0.3) is 10.1 Å². The van der Waals surface area contributed by atoms with E-state index in [1.54, 1.807) is 6.07 Å². The molecule has 4 rings (SSSR count). The lowest BCUT2D eigenvalue weighted by Crippen LogP contribution is -2.58. The lowest BCUT2D eigenvalue weighted by molar-refractivity contribution is -0.137. The van der Waals surface area contributed by atoms with Gasteiger partial charge in [0.25, 0.3) is 11.8 Å². The number of amides is 4. The summed E-state index contributed by atoms with van der Waals surface area (Å²) < 4.78 is 0.896.